The standard InChI is InChI=1S/C13H20O2/c1-9(14)15-12-8-10-5-7-13(12)6-3-2-4-11(10)13/h10-12H,2-8H2,1H3/t10-,11-,12+,13+/m1/s1. The van der Waals surface area contributed by atoms with Gasteiger partial charge in [-0.3, -0.25) is 4.79 Å². The molecule has 3 rings (SSSR count). The molecule has 0 aliphatic heterocycles. The topological polar surface area (TPSA) is 26.3 Å². The zero-order valence-corrected chi connectivity index (χ0v) is 9.50. The minimum absolute atomic E-state index is 0.0775. The van der Waals surface area contributed by atoms with Crippen LogP contribution in [0.2, 0.25) is 0 Å². The van der Waals surface area contributed by atoms with E-state index < -0.39 is 0 Å². The number of rotatable bonds is 1. The van der Waals surface area contributed by atoms with Crippen molar-refractivity contribution in [2.45, 2.75) is 58.0 Å². The third-order valence-electron chi connectivity index (χ3n) is 5.16. The average molecular weight is 208 g/mol. The van der Waals surface area contributed by atoms with Crippen LogP contribution in [0, 0.1) is 17.3 Å². The minimum atomic E-state index is -0.0775. The van der Waals surface area contributed by atoms with Gasteiger partial charge in [0.2, 0.25) is 0 Å². The second-order valence-electron chi connectivity index (χ2n) is 5.72. The molecule has 0 aromatic rings. The van der Waals surface area contributed by atoms with Crippen LogP contribution in [0.5, 0.6) is 0 Å². The number of ether oxygens (including phenoxy) is 1. The quantitative estimate of drug-likeness (QED) is 0.619. The molecule has 4 atom stereocenters. The molecule has 2 nitrogen and oxygen atoms in total. The molecular weight excluding hydrogens is 188 g/mol. The Hall–Kier alpha value is -0.530. The maximum atomic E-state index is 11.1. The zero-order valence-electron chi connectivity index (χ0n) is 9.50. The lowest BCUT2D eigenvalue weighted by Gasteiger charge is -2.40. The van der Waals surface area contributed by atoms with Gasteiger partial charge in [0.25, 0.3) is 0 Å². The van der Waals surface area contributed by atoms with Crippen LogP contribution < -0.4 is 0 Å². The molecule has 3 aliphatic carbocycles. The van der Waals surface area contributed by atoms with Gasteiger partial charge in [-0.1, -0.05) is 12.8 Å². The fraction of sp³-hybridized carbons (Fsp3) is 0.923. The van der Waals surface area contributed by atoms with Gasteiger partial charge in [-0.15, -0.1) is 0 Å². The summed E-state index contributed by atoms with van der Waals surface area (Å²) in [6, 6.07) is 0. The predicted octanol–water partition coefficient (Wildman–Crippen LogP) is 2.91. The normalized spacial score (nSPS) is 47.7. The number of carbonyl (C=O) groups excluding carboxylic acids is 1. The molecule has 3 aliphatic rings. The maximum Gasteiger partial charge on any atom is 0.302 e. The molecule has 0 heterocycles. The van der Waals surface area contributed by atoms with Gasteiger partial charge in [0.05, 0.1) is 0 Å². The Morgan fingerprint density at radius 1 is 1.27 bits per heavy atom. The zero-order chi connectivity index (χ0) is 10.5. The van der Waals surface area contributed by atoms with Gasteiger partial charge < -0.3 is 4.74 Å². The molecule has 0 radical (unpaired) electrons. The van der Waals surface area contributed by atoms with Crippen molar-refractivity contribution in [3.8, 4) is 0 Å². The Labute approximate surface area is 91.4 Å². The van der Waals surface area contributed by atoms with E-state index in [4.69, 9.17) is 4.74 Å². The second-order valence-corrected chi connectivity index (χ2v) is 5.72. The Kier molecular flexibility index (Phi) is 2.08. The van der Waals surface area contributed by atoms with Crippen molar-refractivity contribution in [2.24, 2.45) is 17.3 Å². The van der Waals surface area contributed by atoms with Gasteiger partial charge >= 0.3 is 5.97 Å². The van der Waals surface area contributed by atoms with Crippen molar-refractivity contribution in [1.82, 2.24) is 0 Å². The van der Waals surface area contributed by atoms with E-state index in [1.54, 1.807) is 6.92 Å². The molecule has 15 heavy (non-hydrogen) atoms. The molecule has 0 N–H and O–H groups in total. The van der Waals surface area contributed by atoms with Gasteiger partial charge in [0.15, 0.2) is 0 Å². The summed E-state index contributed by atoms with van der Waals surface area (Å²) in [6.45, 7) is 1.56. The van der Waals surface area contributed by atoms with Crippen molar-refractivity contribution in [3.05, 3.63) is 0 Å². The lowest BCUT2D eigenvalue weighted by molar-refractivity contribution is -0.154. The summed E-state index contributed by atoms with van der Waals surface area (Å²) in [5, 5.41) is 0. The first-order valence-electron chi connectivity index (χ1n) is 6.39. The van der Waals surface area contributed by atoms with E-state index in [-0.39, 0.29) is 12.1 Å². The van der Waals surface area contributed by atoms with Crippen LogP contribution in [0.4, 0.5) is 0 Å². The number of carbonyl (C=O) groups is 1. The smallest absolute Gasteiger partial charge is 0.302 e. The summed E-state index contributed by atoms with van der Waals surface area (Å²) >= 11 is 0. The van der Waals surface area contributed by atoms with Gasteiger partial charge in [0.1, 0.15) is 6.10 Å². The van der Waals surface area contributed by atoms with E-state index in [9.17, 15) is 4.79 Å². The summed E-state index contributed by atoms with van der Waals surface area (Å²) in [5.41, 5.74) is 0.411. The third kappa shape index (κ3) is 1.26. The molecule has 84 valence electrons. The molecule has 2 heteroatoms. The fourth-order valence-corrected chi connectivity index (χ4v) is 4.68. The predicted molar refractivity (Wildman–Crippen MR) is 57.3 cm³/mol. The van der Waals surface area contributed by atoms with E-state index in [1.807, 2.05) is 0 Å². The fourth-order valence-electron chi connectivity index (χ4n) is 4.68. The molecule has 0 spiro atoms. The van der Waals surface area contributed by atoms with Crippen LogP contribution in [0.25, 0.3) is 0 Å². The highest BCUT2D eigenvalue weighted by Gasteiger charge is 2.60. The van der Waals surface area contributed by atoms with E-state index in [2.05, 4.69) is 0 Å². The highest BCUT2D eigenvalue weighted by Crippen LogP contribution is 2.64. The minimum Gasteiger partial charge on any atom is -0.462 e. The van der Waals surface area contributed by atoms with Gasteiger partial charge in [-0.05, 0) is 43.9 Å². The van der Waals surface area contributed by atoms with Crippen molar-refractivity contribution >= 4 is 5.97 Å². The number of hydrogen-bond acceptors (Lipinski definition) is 2. The van der Waals surface area contributed by atoms with Crippen LogP contribution >= 0.6 is 0 Å². The van der Waals surface area contributed by atoms with E-state index >= 15 is 0 Å². The van der Waals surface area contributed by atoms with Crippen LogP contribution in [0.1, 0.15) is 51.9 Å². The van der Waals surface area contributed by atoms with Crippen molar-refractivity contribution in [2.75, 3.05) is 0 Å². The monoisotopic (exact) mass is 208 g/mol. The lowest BCUT2D eigenvalue weighted by Crippen LogP contribution is -2.38. The van der Waals surface area contributed by atoms with Crippen molar-refractivity contribution in [3.63, 3.8) is 0 Å². The van der Waals surface area contributed by atoms with Crippen LogP contribution in [0.3, 0.4) is 0 Å². The van der Waals surface area contributed by atoms with E-state index in [0.717, 1.165) is 18.3 Å². The van der Waals surface area contributed by atoms with Crippen LogP contribution in [0.15, 0.2) is 0 Å². The molecule has 0 unspecified atom stereocenters. The Morgan fingerprint density at radius 3 is 2.93 bits per heavy atom. The summed E-state index contributed by atoms with van der Waals surface area (Å²) in [7, 11) is 0. The molecule has 3 saturated carbocycles. The summed E-state index contributed by atoms with van der Waals surface area (Å²) in [6.07, 6.45) is 9.58. The number of hydrogen-bond donors (Lipinski definition) is 0. The third-order valence-corrected chi connectivity index (χ3v) is 5.16. The van der Waals surface area contributed by atoms with Gasteiger partial charge in [0, 0.05) is 12.3 Å². The molecule has 2 bridgehead atoms. The highest BCUT2D eigenvalue weighted by atomic mass is 16.5. The highest BCUT2D eigenvalue weighted by molar-refractivity contribution is 5.66. The first-order chi connectivity index (χ1) is 7.22. The summed E-state index contributed by atoms with van der Waals surface area (Å²) < 4.78 is 5.57. The molecule has 0 aromatic heterocycles. The van der Waals surface area contributed by atoms with Crippen molar-refractivity contribution in [1.29, 1.82) is 0 Å². The Bertz CT molecular complexity index is 286. The summed E-state index contributed by atoms with van der Waals surface area (Å²) in [5.74, 6) is 1.68. The van der Waals surface area contributed by atoms with Crippen LogP contribution in [-0.4, -0.2) is 12.1 Å². The molecule has 0 amide bonds. The van der Waals surface area contributed by atoms with Gasteiger partial charge in [-0.2, -0.15) is 0 Å². The molecule has 3 fully saturated rings. The number of esters is 1. The average Bonchev–Trinajstić information content (AvgIpc) is 2.70. The lowest BCUT2D eigenvalue weighted by atomic mass is 9.68. The van der Waals surface area contributed by atoms with Gasteiger partial charge in [-0.25, -0.2) is 0 Å². The Balaban J connectivity index is 1.85. The molecule has 0 aromatic carbocycles. The molecular formula is C13H20O2. The van der Waals surface area contributed by atoms with Crippen LogP contribution in [-0.2, 0) is 9.53 Å². The SMILES string of the molecule is CC(=O)O[C@H]1C[C@H]2CC[C@]13CCCC[C@H]23. The first kappa shape index (κ1) is 9.68. The summed E-state index contributed by atoms with van der Waals surface area (Å²) in [4.78, 5) is 11.1. The van der Waals surface area contributed by atoms with Crippen molar-refractivity contribution < 1.29 is 9.53 Å². The maximum absolute atomic E-state index is 11.1. The van der Waals surface area contributed by atoms with E-state index in [0.29, 0.717) is 5.41 Å². The largest absolute Gasteiger partial charge is 0.462 e. The molecule has 0 saturated heterocycles. The first-order valence-corrected chi connectivity index (χ1v) is 6.39. The second kappa shape index (κ2) is 3.23. The Morgan fingerprint density at radius 2 is 2.13 bits per heavy atom. The van der Waals surface area contributed by atoms with E-state index in [1.165, 1.54) is 38.5 Å².